The lowest BCUT2D eigenvalue weighted by Crippen LogP contribution is -2.43. The molecule has 1 aliphatic carbocycles. The van der Waals surface area contributed by atoms with Crippen molar-refractivity contribution >= 4 is 32.0 Å². The monoisotopic (exact) mass is 463 g/mol. The Morgan fingerprint density at radius 3 is 2.09 bits per heavy atom. The number of aliphatic hydroxyl groups is 1. The summed E-state index contributed by atoms with van der Waals surface area (Å²) < 4.78 is 58.6. The molecule has 1 atom stereocenters. The smallest absolute Gasteiger partial charge is 0.282 e. The van der Waals surface area contributed by atoms with Gasteiger partial charge in [0.25, 0.3) is 10.2 Å². The standard InChI is InChI=1S/C23H27F2N3O3S/c24-16-6-8-22-20(12-16)21-13-17(25)7-9-23(21)27(22)15-19(29)14-26-10-11-28(32(26,30)31)18-4-2-1-3-5-18/h6-9,12-13,18-19,29H,1-5,10-11,14-15H2. The second-order valence-electron chi connectivity index (χ2n) is 8.86. The van der Waals surface area contributed by atoms with Crippen molar-refractivity contribution in [3.05, 3.63) is 48.0 Å². The van der Waals surface area contributed by atoms with Gasteiger partial charge in [-0.3, -0.25) is 0 Å². The highest BCUT2D eigenvalue weighted by atomic mass is 32.2. The Morgan fingerprint density at radius 1 is 0.906 bits per heavy atom. The highest BCUT2D eigenvalue weighted by Gasteiger charge is 2.41. The first kappa shape index (κ1) is 21.8. The molecule has 1 N–H and O–H groups in total. The Morgan fingerprint density at radius 2 is 1.50 bits per heavy atom. The Hall–Kier alpha value is -2.07. The number of fused-ring (bicyclic) bond motifs is 3. The van der Waals surface area contributed by atoms with Crippen molar-refractivity contribution in [1.82, 2.24) is 13.2 Å². The number of halogens is 2. The van der Waals surface area contributed by atoms with Gasteiger partial charge in [0.15, 0.2) is 0 Å². The molecule has 172 valence electrons. The largest absolute Gasteiger partial charge is 0.390 e. The zero-order chi connectivity index (χ0) is 22.5. The minimum absolute atomic E-state index is 0.0187. The maximum absolute atomic E-state index is 13.9. The van der Waals surface area contributed by atoms with Crippen LogP contribution < -0.4 is 0 Å². The van der Waals surface area contributed by atoms with E-state index in [0.717, 1.165) is 32.1 Å². The third-order valence-electron chi connectivity index (χ3n) is 6.77. The SMILES string of the molecule is O=S1(=O)N(CC(O)Cn2c3ccc(F)cc3c3cc(F)ccc32)CCN1C1CCCCC1. The van der Waals surface area contributed by atoms with Crippen molar-refractivity contribution in [2.75, 3.05) is 19.6 Å². The maximum atomic E-state index is 13.9. The van der Waals surface area contributed by atoms with E-state index in [1.54, 1.807) is 21.0 Å². The van der Waals surface area contributed by atoms with Crippen LogP contribution in [-0.4, -0.2) is 58.5 Å². The van der Waals surface area contributed by atoms with Gasteiger partial charge in [-0.15, -0.1) is 0 Å². The molecular formula is C23H27F2N3O3S. The molecule has 0 spiro atoms. The summed E-state index contributed by atoms with van der Waals surface area (Å²) in [7, 11) is -3.60. The van der Waals surface area contributed by atoms with E-state index < -0.39 is 27.9 Å². The molecule has 1 saturated heterocycles. The fourth-order valence-corrected chi connectivity index (χ4v) is 7.13. The summed E-state index contributed by atoms with van der Waals surface area (Å²) in [5, 5.41) is 12.0. The molecule has 1 unspecified atom stereocenters. The Labute approximate surface area is 186 Å². The fourth-order valence-electron chi connectivity index (χ4n) is 5.26. The summed E-state index contributed by atoms with van der Waals surface area (Å²) >= 11 is 0. The van der Waals surface area contributed by atoms with Crippen molar-refractivity contribution in [1.29, 1.82) is 0 Å². The van der Waals surface area contributed by atoms with Crippen LogP contribution in [-0.2, 0) is 16.8 Å². The van der Waals surface area contributed by atoms with Gasteiger partial charge < -0.3 is 9.67 Å². The van der Waals surface area contributed by atoms with E-state index in [4.69, 9.17) is 0 Å². The van der Waals surface area contributed by atoms with Gasteiger partial charge in [0.2, 0.25) is 0 Å². The highest BCUT2D eigenvalue weighted by molar-refractivity contribution is 7.87. The molecule has 0 bridgehead atoms. The van der Waals surface area contributed by atoms with E-state index in [9.17, 15) is 22.3 Å². The first-order chi connectivity index (χ1) is 15.3. The number of β-amino-alcohol motifs (C(OH)–C–C–N with tert-alkyl or cyclic N) is 1. The topological polar surface area (TPSA) is 65.8 Å². The van der Waals surface area contributed by atoms with Crippen molar-refractivity contribution in [2.45, 2.75) is 50.8 Å². The molecule has 5 rings (SSSR count). The first-order valence-electron chi connectivity index (χ1n) is 11.2. The van der Waals surface area contributed by atoms with Gasteiger partial charge in [0, 0.05) is 47.5 Å². The molecule has 2 aromatic carbocycles. The molecule has 3 aromatic rings. The summed E-state index contributed by atoms with van der Waals surface area (Å²) in [4.78, 5) is 0. The van der Waals surface area contributed by atoms with E-state index in [2.05, 4.69) is 0 Å². The predicted octanol–water partition coefficient (Wildman–Crippen LogP) is 3.63. The number of nitrogens with zero attached hydrogens (tertiary/aromatic N) is 3. The Balaban J connectivity index is 1.39. The average Bonchev–Trinajstić information content (AvgIpc) is 3.22. The number of rotatable bonds is 5. The van der Waals surface area contributed by atoms with E-state index >= 15 is 0 Å². The Kier molecular flexibility index (Phi) is 5.69. The van der Waals surface area contributed by atoms with Crippen molar-refractivity contribution in [2.24, 2.45) is 0 Å². The highest BCUT2D eigenvalue weighted by Crippen LogP contribution is 2.32. The quantitative estimate of drug-likeness (QED) is 0.629. The van der Waals surface area contributed by atoms with Gasteiger partial charge in [-0.05, 0) is 49.2 Å². The van der Waals surface area contributed by atoms with Gasteiger partial charge >= 0.3 is 0 Å². The van der Waals surface area contributed by atoms with Crippen LogP contribution >= 0.6 is 0 Å². The number of hydrogen-bond donors (Lipinski definition) is 1. The number of hydrogen-bond acceptors (Lipinski definition) is 3. The molecule has 2 heterocycles. The van der Waals surface area contributed by atoms with Gasteiger partial charge in [-0.1, -0.05) is 19.3 Å². The first-order valence-corrected chi connectivity index (χ1v) is 12.6. The van der Waals surface area contributed by atoms with Crippen LogP contribution in [0.2, 0.25) is 0 Å². The van der Waals surface area contributed by atoms with Crippen LogP contribution in [0.1, 0.15) is 32.1 Å². The summed E-state index contributed by atoms with van der Waals surface area (Å²) in [6, 6.07) is 8.62. The van der Waals surface area contributed by atoms with Crippen LogP contribution in [0.15, 0.2) is 36.4 Å². The molecule has 0 amide bonds. The lowest BCUT2D eigenvalue weighted by atomic mass is 9.95. The second kappa shape index (κ2) is 8.37. The molecular weight excluding hydrogens is 436 g/mol. The minimum atomic E-state index is -3.60. The molecule has 0 radical (unpaired) electrons. The molecule has 2 aliphatic rings. The van der Waals surface area contributed by atoms with Gasteiger partial charge in [0.05, 0.1) is 12.6 Å². The van der Waals surface area contributed by atoms with Gasteiger partial charge in [-0.25, -0.2) is 8.78 Å². The number of aliphatic hydroxyl groups excluding tert-OH is 1. The van der Waals surface area contributed by atoms with Crippen molar-refractivity contribution < 1.29 is 22.3 Å². The summed E-state index contributed by atoms with van der Waals surface area (Å²) in [5.74, 6) is -0.848. The molecule has 9 heteroatoms. The summed E-state index contributed by atoms with van der Waals surface area (Å²) in [6.45, 7) is 0.912. The minimum Gasteiger partial charge on any atom is -0.390 e. The van der Waals surface area contributed by atoms with Crippen LogP contribution in [0.25, 0.3) is 21.8 Å². The van der Waals surface area contributed by atoms with Crippen LogP contribution in [0.5, 0.6) is 0 Å². The zero-order valence-corrected chi connectivity index (χ0v) is 18.6. The van der Waals surface area contributed by atoms with Crippen LogP contribution in [0, 0.1) is 11.6 Å². The van der Waals surface area contributed by atoms with Crippen molar-refractivity contribution in [3.63, 3.8) is 0 Å². The van der Waals surface area contributed by atoms with E-state index in [-0.39, 0.29) is 19.1 Å². The molecule has 1 aromatic heterocycles. The number of benzene rings is 2. The molecule has 1 saturated carbocycles. The summed E-state index contributed by atoms with van der Waals surface area (Å²) in [5.41, 5.74) is 1.33. The van der Waals surface area contributed by atoms with Crippen LogP contribution in [0.4, 0.5) is 8.78 Å². The molecule has 32 heavy (non-hydrogen) atoms. The van der Waals surface area contributed by atoms with Gasteiger partial charge in [0.1, 0.15) is 11.6 Å². The van der Waals surface area contributed by atoms with E-state index in [1.165, 1.54) is 28.6 Å². The lowest BCUT2D eigenvalue weighted by molar-refractivity contribution is 0.133. The van der Waals surface area contributed by atoms with E-state index in [0.29, 0.717) is 34.9 Å². The second-order valence-corrected chi connectivity index (χ2v) is 10.7. The fraction of sp³-hybridized carbons (Fsp3) is 0.478. The number of aromatic nitrogens is 1. The zero-order valence-electron chi connectivity index (χ0n) is 17.8. The van der Waals surface area contributed by atoms with Gasteiger partial charge in [-0.2, -0.15) is 17.0 Å². The van der Waals surface area contributed by atoms with E-state index in [1.807, 2.05) is 0 Å². The molecule has 2 fully saturated rings. The molecule has 6 nitrogen and oxygen atoms in total. The average molecular weight is 464 g/mol. The van der Waals surface area contributed by atoms with Crippen molar-refractivity contribution in [3.8, 4) is 0 Å². The predicted molar refractivity (Wildman–Crippen MR) is 119 cm³/mol. The maximum Gasteiger partial charge on any atom is 0.282 e. The van der Waals surface area contributed by atoms with Crippen LogP contribution in [0.3, 0.4) is 0 Å². The third kappa shape index (κ3) is 3.81. The molecule has 1 aliphatic heterocycles. The third-order valence-corrected chi connectivity index (χ3v) is 8.83. The lowest BCUT2D eigenvalue weighted by Gasteiger charge is -2.30. The summed E-state index contributed by atoms with van der Waals surface area (Å²) in [6.07, 6.45) is 4.07. The Bertz CT molecular complexity index is 1200. The normalized spacial score (nSPS) is 21.6.